The molecule has 1 N–H and O–H groups in total. The lowest BCUT2D eigenvalue weighted by molar-refractivity contribution is -0.146. The van der Waals surface area contributed by atoms with E-state index in [0.29, 0.717) is 35.4 Å². The molecule has 0 aliphatic heterocycles. The maximum atomic E-state index is 12.3. The van der Waals surface area contributed by atoms with Gasteiger partial charge >= 0.3 is 0 Å². The molecule has 3 aliphatic rings. The van der Waals surface area contributed by atoms with Crippen molar-refractivity contribution < 1.29 is 9.90 Å². The number of aliphatic hydroxyl groups is 1. The highest BCUT2D eigenvalue weighted by atomic mass is 16.3. The monoisotopic (exact) mass is 236 g/mol. The fraction of sp³-hybridized carbons (Fsp3) is 0.933. The molecular weight excluding hydrogens is 212 g/mol. The summed E-state index contributed by atoms with van der Waals surface area (Å²) in [7, 11) is 0. The van der Waals surface area contributed by atoms with Gasteiger partial charge in [0.15, 0.2) is 0 Å². The summed E-state index contributed by atoms with van der Waals surface area (Å²) in [5.74, 6) is 2.89. The summed E-state index contributed by atoms with van der Waals surface area (Å²) in [6, 6.07) is 0. The van der Waals surface area contributed by atoms with Crippen LogP contribution in [-0.4, -0.2) is 17.5 Å². The second kappa shape index (κ2) is 3.34. The molecule has 0 radical (unpaired) electrons. The van der Waals surface area contributed by atoms with Crippen LogP contribution in [0.25, 0.3) is 0 Å². The van der Waals surface area contributed by atoms with Gasteiger partial charge in [-0.25, -0.2) is 0 Å². The van der Waals surface area contributed by atoms with Crippen LogP contribution in [0.5, 0.6) is 0 Å². The number of carbonyl (C=O) groups excluding carboxylic acids is 1. The highest BCUT2D eigenvalue weighted by Crippen LogP contribution is 2.73. The fourth-order valence-corrected chi connectivity index (χ4v) is 5.26. The Hall–Kier alpha value is -0.370. The van der Waals surface area contributed by atoms with E-state index in [9.17, 15) is 9.90 Å². The predicted molar refractivity (Wildman–Crippen MR) is 66.4 cm³/mol. The third-order valence-electron chi connectivity index (χ3n) is 6.34. The SMILES string of the molecule is C[C@@H]1CCC(=O)[C@]2(CO)CC[C@@H]3[C@@H]([C@H]12)C3(C)C. The molecule has 0 saturated heterocycles. The van der Waals surface area contributed by atoms with Crippen molar-refractivity contribution in [1.82, 2.24) is 0 Å². The van der Waals surface area contributed by atoms with Crippen LogP contribution in [0.2, 0.25) is 0 Å². The zero-order valence-electron chi connectivity index (χ0n) is 11.2. The molecule has 17 heavy (non-hydrogen) atoms. The lowest BCUT2D eigenvalue weighted by Crippen LogP contribution is -2.51. The lowest BCUT2D eigenvalue weighted by Gasteiger charge is -2.48. The molecule has 96 valence electrons. The van der Waals surface area contributed by atoms with E-state index in [2.05, 4.69) is 20.8 Å². The van der Waals surface area contributed by atoms with Gasteiger partial charge in [0.2, 0.25) is 0 Å². The minimum absolute atomic E-state index is 0.0835. The summed E-state index contributed by atoms with van der Waals surface area (Å²) in [6.45, 7) is 7.07. The number of aliphatic hydroxyl groups excluding tert-OH is 1. The second-order valence-electron chi connectivity index (χ2n) is 7.27. The number of hydrogen-bond acceptors (Lipinski definition) is 2. The summed E-state index contributed by atoms with van der Waals surface area (Å²) in [6.07, 6.45) is 3.80. The molecule has 3 rings (SSSR count). The van der Waals surface area contributed by atoms with Gasteiger partial charge < -0.3 is 5.11 Å². The molecule has 0 heterocycles. The predicted octanol–water partition coefficient (Wildman–Crippen LogP) is 2.65. The Morgan fingerprint density at radius 2 is 2.00 bits per heavy atom. The normalized spacial score (nSPS) is 51.6. The third kappa shape index (κ3) is 1.28. The first-order valence-electron chi connectivity index (χ1n) is 7.09. The Balaban J connectivity index is 2.00. The van der Waals surface area contributed by atoms with E-state index in [4.69, 9.17) is 0 Å². The lowest BCUT2D eigenvalue weighted by atomic mass is 9.55. The Bertz CT molecular complexity index is 360. The molecule has 2 nitrogen and oxygen atoms in total. The molecule has 0 unspecified atom stereocenters. The first kappa shape index (κ1) is 11.7. The first-order chi connectivity index (χ1) is 7.95. The van der Waals surface area contributed by atoms with Gasteiger partial charge in [0.05, 0.1) is 12.0 Å². The Morgan fingerprint density at radius 1 is 1.29 bits per heavy atom. The van der Waals surface area contributed by atoms with Gasteiger partial charge in [-0.2, -0.15) is 0 Å². The molecule has 3 fully saturated rings. The number of rotatable bonds is 1. The molecule has 0 aromatic rings. The number of Topliss-reactive ketones (excluding diaryl/α,β-unsaturated/α-hetero) is 1. The Morgan fingerprint density at radius 3 is 2.65 bits per heavy atom. The van der Waals surface area contributed by atoms with Crippen LogP contribution >= 0.6 is 0 Å². The minimum Gasteiger partial charge on any atom is -0.395 e. The van der Waals surface area contributed by atoms with E-state index in [1.807, 2.05) is 0 Å². The molecular formula is C15H24O2. The number of carbonyl (C=O) groups is 1. The van der Waals surface area contributed by atoms with Crippen molar-refractivity contribution in [3.8, 4) is 0 Å². The van der Waals surface area contributed by atoms with E-state index >= 15 is 0 Å². The second-order valence-corrected chi connectivity index (χ2v) is 7.27. The van der Waals surface area contributed by atoms with E-state index in [1.54, 1.807) is 0 Å². The Kier molecular flexibility index (Phi) is 2.30. The number of hydrogen-bond donors (Lipinski definition) is 1. The van der Waals surface area contributed by atoms with Gasteiger partial charge in [-0.1, -0.05) is 20.8 Å². The van der Waals surface area contributed by atoms with E-state index in [0.717, 1.165) is 25.2 Å². The van der Waals surface area contributed by atoms with Crippen molar-refractivity contribution in [3.05, 3.63) is 0 Å². The molecule has 3 saturated carbocycles. The fourth-order valence-electron chi connectivity index (χ4n) is 5.26. The highest BCUT2D eigenvalue weighted by Gasteiger charge is 2.70. The Labute approximate surface area is 104 Å². The van der Waals surface area contributed by atoms with Crippen LogP contribution in [0.1, 0.15) is 46.5 Å². The van der Waals surface area contributed by atoms with Crippen molar-refractivity contribution in [1.29, 1.82) is 0 Å². The van der Waals surface area contributed by atoms with Gasteiger partial charge in [0, 0.05) is 6.42 Å². The van der Waals surface area contributed by atoms with Gasteiger partial charge in [0.25, 0.3) is 0 Å². The van der Waals surface area contributed by atoms with Gasteiger partial charge in [-0.3, -0.25) is 4.79 Å². The maximum absolute atomic E-state index is 12.3. The average Bonchev–Trinajstić information content (AvgIpc) is 2.86. The topological polar surface area (TPSA) is 37.3 Å². The average molecular weight is 236 g/mol. The summed E-state index contributed by atoms with van der Waals surface area (Å²) >= 11 is 0. The smallest absolute Gasteiger partial charge is 0.141 e. The quantitative estimate of drug-likeness (QED) is 0.760. The van der Waals surface area contributed by atoms with Crippen LogP contribution < -0.4 is 0 Å². The van der Waals surface area contributed by atoms with Crippen molar-refractivity contribution in [2.24, 2.45) is 34.5 Å². The summed E-state index contributed by atoms with van der Waals surface area (Å²) in [4.78, 5) is 12.3. The van der Waals surface area contributed by atoms with Crippen LogP contribution in [0.4, 0.5) is 0 Å². The van der Waals surface area contributed by atoms with Crippen LogP contribution in [0, 0.1) is 34.5 Å². The van der Waals surface area contributed by atoms with Gasteiger partial charge in [0.1, 0.15) is 5.78 Å². The molecule has 3 aliphatic carbocycles. The molecule has 0 spiro atoms. The molecule has 2 heteroatoms. The van der Waals surface area contributed by atoms with E-state index in [-0.39, 0.29) is 12.0 Å². The van der Waals surface area contributed by atoms with Crippen LogP contribution in [0.15, 0.2) is 0 Å². The zero-order valence-corrected chi connectivity index (χ0v) is 11.2. The van der Waals surface area contributed by atoms with Gasteiger partial charge in [-0.05, 0) is 48.3 Å². The molecule has 0 amide bonds. The van der Waals surface area contributed by atoms with Crippen molar-refractivity contribution in [2.45, 2.75) is 46.5 Å². The first-order valence-corrected chi connectivity index (χ1v) is 7.09. The van der Waals surface area contributed by atoms with Crippen molar-refractivity contribution in [2.75, 3.05) is 6.61 Å². The van der Waals surface area contributed by atoms with E-state index < -0.39 is 0 Å². The molecule has 5 atom stereocenters. The van der Waals surface area contributed by atoms with Crippen LogP contribution in [0.3, 0.4) is 0 Å². The highest BCUT2D eigenvalue weighted by molar-refractivity contribution is 5.86. The molecule has 0 aromatic carbocycles. The minimum atomic E-state index is -0.368. The van der Waals surface area contributed by atoms with E-state index in [1.165, 1.54) is 0 Å². The molecule has 0 aromatic heterocycles. The summed E-state index contributed by atoms with van der Waals surface area (Å²) < 4.78 is 0. The number of fused-ring (bicyclic) bond motifs is 3. The standard InChI is InChI=1S/C15H24O2/c1-9-4-5-11(17)15(8-16)7-6-10-13(12(9)15)14(10,2)3/h9-10,12-13,16H,4-8H2,1-3H3/t9-,10-,12+,13+,15-/m1/s1. The summed E-state index contributed by atoms with van der Waals surface area (Å²) in [5, 5.41) is 9.85. The van der Waals surface area contributed by atoms with Crippen molar-refractivity contribution in [3.63, 3.8) is 0 Å². The van der Waals surface area contributed by atoms with Gasteiger partial charge in [-0.15, -0.1) is 0 Å². The number of ketones is 1. The third-order valence-corrected chi connectivity index (χ3v) is 6.34. The van der Waals surface area contributed by atoms with Crippen molar-refractivity contribution >= 4 is 5.78 Å². The zero-order chi connectivity index (χ0) is 12.4. The largest absolute Gasteiger partial charge is 0.395 e. The molecule has 0 bridgehead atoms. The maximum Gasteiger partial charge on any atom is 0.141 e. The van der Waals surface area contributed by atoms with Crippen LogP contribution in [-0.2, 0) is 4.79 Å². The summed E-state index contributed by atoms with van der Waals surface area (Å²) in [5.41, 5.74) is 0.0417.